The van der Waals surface area contributed by atoms with Crippen molar-refractivity contribution in [3.63, 3.8) is 0 Å². The number of rotatable bonds is 5. The SMILES string of the molecule is CCNc1ncc2c(-c3ccn4ncc(C(=O)NC5CCN(C)CC5)c4c3)c[nH]c2n1. The van der Waals surface area contributed by atoms with Gasteiger partial charge in [-0.05, 0) is 57.6 Å². The minimum atomic E-state index is -0.0701. The van der Waals surface area contributed by atoms with Crippen molar-refractivity contribution in [3.8, 4) is 11.1 Å². The van der Waals surface area contributed by atoms with Gasteiger partial charge in [0.1, 0.15) is 5.65 Å². The van der Waals surface area contributed by atoms with Crippen molar-refractivity contribution in [2.75, 3.05) is 32.0 Å². The molecule has 9 nitrogen and oxygen atoms in total. The number of carbonyl (C=O) groups is 1. The number of pyridine rings is 1. The molecule has 5 rings (SSSR count). The number of anilines is 1. The minimum absolute atomic E-state index is 0.0701. The standard InChI is InChI=1S/C22H26N8O/c1-3-23-22-25-12-17-16(11-24-20(17)28-22)14-4-9-30-19(10-14)18(13-26-30)21(31)27-15-5-7-29(2)8-6-15/h4,9-13,15H,3,5-8H2,1-2H3,(H,27,31)(H2,23,24,25,28). The van der Waals surface area contributed by atoms with Crippen LogP contribution in [-0.2, 0) is 0 Å². The van der Waals surface area contributed by atoms with Crippen molar-refractivity contribution in [3.05, 3.63) is 42.5 Å². The Kier molecular flexibility index (Phi) is 5.03. The van der Waals surface area contributed by atoms with E-state index in [0.717, 1.165) is 60.2 Å². The predicted octanol–water partition coefficient (Wildman–Crippen LogP) is 2.53. The summed E-state index contributed by atoms with van der Waals surface area (Å²) < 4.78 is 1.74. The molecular formula is C22H26N8O. The van der Waals surface area contributed by atoms with Crippen LogP contribution in [0.4, 0.5) is 5.95 Å². The van der Waals surface area contributed by atoms with Crippen LogP contribution >= 0.6 is 0 Å². The molecule has 1 aliphatic heterocycles. The van der Waals surface area contributed by atoms with Crippen molar-refractivity contribution in [2.45, 2.75) is 25.8 Å². The summed E-state index contributed by atoms with van der Waals surface area (Å²) in [4.78, 5) is 27.4. The molecule has 1 amide bonds. The van der Waals surface area contributed by atoms with Gasteiger partial charge in [-0.3, -0.25) is 4.79 Å². The van der Waals surface area contributed by atoms with Crippen LogP contribution in [0.3, 0.4) is 0 Å². The van der Waals surface area contributed by atoms with E-state index in [1.807, 2.05) is 37.6 Å². The van der Waals surface area contributed by atoms with Crippen molar-refractivity contribution in [1.82, 2.24) is 34.8 Å². The fourth-order valence-electron chi connectivity index (χ4n) is 4.13. The van der Waals surface area contributed by atoms with Crippen LogP contribution in [0.15, 0.2) is 36.9 Å². The highest BCUT2D eigenvalue weighted by molar-refractivity contribution is 6.02. The quantitative estimate of drug-likeness (QED) is 0.460. The second kappa shape index (κ2) is 7.99. The number of piperidine rings is 1. The smallest absolute Gasteiger partial charge is 0.255 e. The highest BCUT2D eigenvalue weighted by Crippen LogP contribution is 2.29. The van der Waals surface area contributed by atoms with Crippen molar-refractivity contribution in [2.24, 2.45) is 0 Å². The second-order valence-electron chi connectivity index (χ2n) is 8.04. The lowest BCUT2D eigenvalue weighted by Gasteiger charge is -2.29. The first kappa shape index (κ1) is 19.5. The summed E-state index contributed by atoms with van der Waals surface area (Å²) in [6.45, 7) is 4.78. The van der Waals surface area contributed by atoms with E-state index in [4.69, 9.17) is 0 Å². The number of nitrogens with one attached hydrogen (secondary N) is 3. The maximum absolute atomic E-state index is 13.0. The van der Waals surface area contributed by atoms with Gasteiger partial charge in [-0.2, -0.15) is 10.1 Å². The number of aromatic nitrogens is 5. The monoisotopic (exact) mass is 418 g/mol. The molecule has 0 bridgehead atoms. The summed E-state index contributed by atoms with van der Waals surface area (Å²) >= 11 is 0. The van der Waals surface area contributed by atoms with Crippen LogP contribution < -0.4 is 10.6 Å². The summed E-state index contributed by atoms with van der Waals surface area (Å²) in [7, 11) is 2.11. The van der Waals surface area contributed by atoms with Crippen molar-refractivity contribution < 1.29 is 4.79 Å². The molecule has 1 aliphatic rings. The molecule has 0 aromatic carbocycles. The van der Waals surface area contributed by atoms with Crippen LogP contribution in [-0.4, -0.2) is 68.1 Å². The van der Waals surface area contributed by atoms with Crippen LogP contribution in [0, 0.1) is 0 Å². The Morgan fingerprint density at radius 1 is 1.29 bits per heavy atom. The van der Waals surface area contributed by atoms with Gasteiger partial charge in [0, 0.05) is 42.1 Å². The van der Waals surface area contributed by atoms with Crippen molar-refractivity contribution in [1.29, 1.82) is 0 Å². The fraction of sp³-hybridized carbons (Fsp3) is 0.364. The first-order chi connectivity index (χ1) is 15.1. The van der Waals surface area contributed by atoms with Crippen molar-refractivity contribution >= 4 is 28.4 Å². The summed E-state index contributed by atoms with van der Waals surface area (Å²) in [5.41, 5.74) is 4.11. The number of hydrogen-bond acceptors (Lipinski definition) is 6. The van der Waals surface area contributed by atoms with Gasteiger partial charge in [0.05, 0.1) is 17.3 Å². The molecule has 0 unspecified atom stereocenters. The molecule has 0 saturated carbocycles. The van der Waals surface area contributed by atoms with E-state index in [9.17, 15) is 4.79 Å². The molecule has 1 saturated heterocycles. The molecule has 0 atom stereocenters. The zero-order chi connectivity index (χ0) is 21.4. The molecule has 31 heavy (non-hydrogen) atoms. The Balaban J connectivity index is 1.45. The number of nitrogens with zero attached hydrogens (tertiary/aromatic N) is 5. The maximum atomic E-state index is 13.0. The third-order valence-corrected chi connectivity index (χ3v) is 5.90. The highest BCUT2D eigenvalue weighted by Gasteiger charge is 2.21. The number of likely N-dealkylation sites (tertiary alicyclic amines) is 1. The molecule has 0 spiro atoms. The number of amides is 1. The Morgan fingerprint density at radius 2 is 2.13 bits per heavy atom. The van der Waals surface area contributed by atoms with Gasteiger partial charge in [0.2, 0.25) is 5.95 Å². The normalized spacial score (nSPS) is 15.5. The van der Waals surface area contributed by atoms with Gasteiger partial charge in [-0.15, -0.1) is 0 Å². The van der Waals surface area contributed by atoms with Gasteiger partial charge >= 0.3 is 0 Å². The number of H-pyrrole nitrogens is 1. The molecule has 160 valence electrons. The van der Waals surface area contributed by atoms with Gasteiger partial charge in [0.15, 0.2) is 0 Å². The molecule has 1 fully saturated rings. The number of aromatic amines is 1. The molecular weight excluding hydrogens is 392 g/mol. The zero-order valence-corrected chi connectivity index (χ0v) is 17.7. The number of fused-ring (bicyclic) bond motifs is 2. The predicted molar refractivity (Wildman–Crippen MR) is 120 cm³/mol. The maximum Gasteiger partial charge on any atom is 0.255 e. The van der Waals surface area contributed by atoms with E-state index in [2.05, 4.69) is 42.6 Å². The highest BCUT2D eigenvalue weighted by atomic mass is 16.1. The summed E-state index contributed by atoms with van der Waals surface area (Å²) in [6.07, 6.45) is 9.21. The Hall–Kier alpha value is -3.46. The molecule has 5 heterocycles. The third-order valence-electron chi connectivity index (χ3n) is 5.90. The molecule has 0 radical (unpaired) electrons. The van der Waals surface area contributed by atoms with Gasteiger partial charge < -0.3 is 20.5 Å². The van der Waals surface area contributed by atoms with E-state index in [-0.39, 0.29) is 11.9 Å². The van der Waals surface area contributed by atoms with E-state index < -0.39 is 0 Å². The molecule has 4 aromatic rings. The molecule has 9 heteroatoms. The molecule has 4 aromatic heterocycles. The zero-order valence-electron chi connectivity index (χ0n) is 17.7. The summed E-state index contributed by atoms with van der Waals surface area (Å²) in [6, 6.07) is 4.19. The first-order valence-corrected chi connectivity index (χ1v) is 10.7. The van der Waals surface area contributed by atoms with Gasteiger partial charge in [-0.1, -0.05) is 0 Å². The Labute approximate surface area is 179 Å². The molecule has 0 aliphatic carbocycles. The average Bonchev–Trinajstić information content (AvgIpc) is 3.39. The number of hydrogen-bond donors (Lipinski definition) is 3. The van der Waals surface area contributed by atoms with E-state index in [1.165, 1.54) is 0 Å². The van der Waals surface area contributed by atoms with Crippen LogP contribution in [0.2, 0.25) is 0 Å². The topological polar surface area (TPSA) is 103 Å². The first-order valence-electron chi connectivity index (χ1n) is 10.7. The van der Waals surface area contributed by atoms with Crippen LogP contribution in [0.1, 0.15) is 30.1 Å². The lowest BCUT2D eigenvalue weighted by atomic mass is 10.0. The largest absolute Gasteiger partial charge is 0.354 e. The van der Waals surface area contributed by atoms with Crippen LogP contribution in [0.25, 0.3) is 27.7 Å². The van der Waals surface area contributed by atoms with Gasteiger partial charge in [0.25, 0.3) is 5.91 Å². The van der Waals surface area contributed by atoms with E-state index in [0.29, 0.717) is 11.5 Å². The van der Waals surface area contributed by atoms with E-state index in [1.54, 1.807) is 10.7 Å². The fourth-order valence-corrected chi connectivity index (χ4v) is 4.13. The second-order valence-corrected chi connectivity index (χ2v) is 8.04. The Bertz CT molecular complexity index is 1240. The average molecular weight is 419 g/mol. The third kappa shape index (κ3) is 3.72. The van der Waals surface area contributed by atoms with E-state index >= 15 is 0 Å². The summed E-state index contributed by atoms with van der Waals surface area (Å²) in [5.74, 6) is 0.529. The number of carbonyl (C=O) groups excluding carboxylic acids is 1. The van der Waals surface area contributed by atoms with Crippen LogP contribution in [0.5, 0.6) is 0 Å². The minimum Gasteiger partial charge on any atom is -0.354 e. The lowest BCUT2D eigenvalue weighted by Crippen LogP contribution is -2.43. The lowest BCUT2D eigenvalue weighted by molar-refractivity contribution is 0.0918. The molecule has 3 N–H and O–H groups in total. The Morgan fingerprint density at radius 3 is 2.94 bits per heavy atom. The summed E-state index contributed by atoms with van der Waals surface area (Å²) in [5, 5.41) is 11.6. The van der Waals surface area contributed by atoms with Gasteiger partial charge in [-0.25, -0.2) is 9.50 Å².